The lowest BCUT2D eigenvalue weighted by Crippen LogP contribution is -2.52. The van der Waals surface area contributed by atoms with Crippen LogP contribution in [0.15, 0.2) is 23.1 Å². The first-order valence-electron chi connectivity index (χ1n) is 10.9. The van der Waals surface area contributed by atoms with Gasteiger partial charge in [-0.25, -0.2) is 8.42 Å². The molecule has 0 bridgehead atoms. The Balaban J connectivity index is 1.73. The van der Waals surface area contributed by atoms with Crippen molar-refractivity contribution in [2.75, 3.05) is 38.5 Å². The van der Waals surface area contributed by atoms with Crippen LogP contribution < -0.4 is 0 Å². The van der Waals surface area contributed by atoms with Crippen molar-refractivity contribution >= 4 is 27.4 Å². The summed E-state index contributed by atoms with van der Waals surface area (Å²) in [5, 5.41) is 11.5. The molecule has 2 fully saturated rings. The van der Waals surface area contributed by atoms with Gasteiger partial charge in [0.15, 0.2) is 15.6 Å². The van der Waals surface area contributed by atoms with Crippen LogP contribution in [0.3, 0.4) is 0 Å². The summed E-state index contributed by atoms with van der Waals surface area (Å²) in [6.07, 6.45) is 6.11. The van der Waals surface area contributed by atoms with Crippen molar-refractivity contribution in [2.24, 2.45) is 0 Å². The summed E-state index contributed by atoms with van der Waals surface area (Å²) < 4.78 is 29.7. The summed E-state index contributed by atoms with van der Waals surface area (Å²) in [7, 11) is -4.29. The number of hydrogen-bond acceptors (Lipinski definition) is 8. The van der Waals surface area contributed by atoms with E-state index >= 15 is 0 Å². The molecule has 1 heterocycles. The highest BCUT2D eigenvalue weighted by atomic mass is 32.2. The maximum absolute atomic E-state index is 12.9. The summed E-state index contributed by atoms with van der Waals surface area (Å²) in [4.78, 5) is 38.7. The van der Waals surface area contributed by atoms with Crippen molar-refractivity contribution in [1.29, 1.82) is 0 Å². The molecule has 1 aliphatic carbocycles. The van der Waals surface area contributed by atoms with Gasteiger partial charge in [-0.3, -0.25) is 24.6 Å². The molecule has 1 aromatic rings. The van der Waals surface area contributed by atoms with E-state index in [0.717, 1.165) is 25.2 Å². The molecule has 176 valence electrons. The smallest absolute Gasteiger partial charge is 0.321 e. The predicted molar refractivity (Wildman–Crippen MR) is 116 cm³/mol. The molecule has 11 heteroatoms. The molecule has 0 radical (unpaired) electrons. The molecule has 10 nitrogen and oxygen atoms in total. The zero-order valence-electron chi connectivity index (χ0n) is 18.2. The maximum atomic E-state index is 12.9. The fraction of sp³-hybridized carbons (Fsp3) is 0.619. The highest BCUT2D eigenvalue weighted by molar-refractivity contribution is 7.92. The van der Waals surface area contributed by atoms with Crippen molar-refractivity contribution in [1.82, 2.24) is 9.80 Å². The summed E-state index contributed by atoms with van der Waals surface area (Å²) in [6.45, 7) is 4.08. The molecule has 32 heavy (non-hydrogen) atoms. The zero-order chi connectivity index (χ0) is 23.3. The predicted octanol–water partition coefficient (Wildman–Crippen LogP) is 2.02. The summed E-state index contributed by atoms with van der Waals surface area (Å²) in [5.74, 6) is -2.36. The first-order chi connectivity index (χ1) is 15.2. The Morgan fingerprint density at radius 2 is 1.78 bits per heavy atom. The molecule has 0 spiro atoms. The molecule has 1 aliphatic heterocycles. The van der Waals surface area contributed by atoms with Crippen LogP contribution in [-0.4, -0.2) is 79.6 Å². The molecule has 0 N–H and O–H groups in total. The van der Waals surface area contributed by atoms with E-state index in [9.17, 15) is 28.1 Å². The number of nitro groups is 1. The van der Waals surface area contributed by atoms with E-state index in [-0.39, 0.29) is 18.1 Å². The molecule has 0 unspecified atom stereocenters. The molecule has 3 rings (SSSR count). The van der Waals surface area contributed by atoms with Gasteiger partial charge < -0.3 is 9.64 Å². The number of carbonyl (C=O) groups excluding carboxylic acids is 2. The number of piperazine rings is 1. The minimum absolute atomic E-state index is 0.00209. The van der Waals surface area contributed by atoms with Crippen molar-refractivity contribution < 1.29 is 27.7 Å². The molecule has 2 aliphatic rings. The number of carbonyl (C=O) groups is 2. The Bertz CT molecular complexity index is 966. The van der Waals surface area contributed by atoms with Gasteiger partial charge >= 0.3 is 5.97 Å². The average molecular weight is 468 g/mol. The minimum atomic E-state index is -4.29. The third-order valence-electron chi connectivity index (χ3n) is 6.04. The summed E-state index contributed by atoms with van der Waals surface area (Å²) in [6, 6.07) is 3.83. The largest absolute Gasteiger partial charge is 0.465 e. The first-order valence-corrected chi connectivity index (χ1v) is 12.6. The van der Waals surface area contributed by atoms with E-state index in [2.05, 4.69) is 9.64 Å². The minimum Gasteiger partial charge on any atom is -0.465 e. The van der Waals surface area contributed by atoms with Gasteiger partial charge in [-0.2, -0.15) is 0 Å². The van der Waals surface area contributed by atoms with Gasteiger partial charge in [0.25, 0.3) is 11.6 Å². The van der Waals surface area contributed by atoms with Crippen LogP contribution in [0.1, 0.15) is 49.4 Å². The Hall–Kier alpha value is -2.53. The van der Waals surface area contributed by atoms with E-state index in [1.807, 2.05) is 0 Å². The van der Waals surface area contributed by atoms with Gasteiger partial charge in [-0.15, -0.1) is 0 Å². The number of esters is 1. The average Bonchev–Trinajstić information content (AvgIpc) is 2.78. The Kier molecular flexibility index (Phi) is 7.83. The highest BCUT2D eigenvalue weighted by Crippen LogP contribution is 2.28. The van der Waals surface area contributed by atoms with Gasteiger partial charge in [0.1, 0.15) is 4.90 Å². The Morgan fingerprint density at radius 3 is 2.38 bits per heavy atom. The molecule has 1 aromatic carbocycles. The Morgan fingerprint density at radius 1 is 1.12 bits per heavy atom. The second-order valence-electron chi connectivity index (χ2n) is 8.12. The van der Waals surface area contributed by atoms with Gasteiger partial charge in [-0.1, -0.05) is 19.3 Å². The van der Waals surface area contributed by atoms with Crippen LogP contribution in [0, 0.1) is 10.1 Å². The SMILES string of the molecule is CCOC(=O)CS(=O)(=O)c1ccc(C(=O)N2CCN(C3CCCCC3)CC2)cc1[N+](=O)[O-]. The Labute approximate surface area is 187 Å². The normalized spacial score (nSPS) is 18.3. The number of ether oxygens (including phenoxy) is 1. The van der Waals surface area contributed by atoms with Crippen LogP contribution in [0.25, 0.3) is 0 Å². The van der Waals surface area contributed by atoms with Crippen molar-refractivity contribution in [3.05, 3.63) is 33.9 Å². The molecule has 1 amide bonds. The van der Waals surface area contributed by atoms with E-state index in [0.29, 0.717) is 19.1 Å². The molecular formula is C21H29N3O7S. The number of nitro benzene ring substituents is 1. The second kappa shape index (κ2) is 10.4. The van der Waals surface area contributed by atoms with Crippen LogP contribution in [0.4, 0.5) is 5.69 Å². The van der Waals surface area contributed by atoms with E-state index in [1.54, 1.807) is 4.90 Å². The number of rotatable bonds is 7. The fourth-order valence-corrected chi connectivity index (χ4v) is 5.69. The van der Waals surface area contributed by atoms with Crippen LogP contribution in [-0.2, 0) is 19.4 Å². The quantitative estimate of drug-likeness (QED) is 0.339. The fourth-order valence-electron chi connectivity index (χ4n) is 4.41. The molecular weight excluding hydrogens is 438 g/mol. The lowest BCUT2D eigenvalue weighted by atomic mass is 9.94. The molecule has 0 aromatic heterocycles. The first kappa shape index (κ1) is 24.1. The lowest BCUT2D eigenvalue weighted by molar-refractivity contribution is -0.387. The zero-order valence-corrected chi connectivity index (χ0v) is 19.0. The summed E-state index contributed by atoms with van der Waals surface area (Å²) >= 11 is 0. The van der Waals surface area contributed by atoms with Crippen molar-refractivity contribution in [3.63, 3.8) is 0 Å². The number of hydrogen-bond donors (Lipinski definition) is 0. The van der Waals surface area contributed by atoms with Crippen molar-refractivity contribution in [2.45, 2.75) is 50.0 Å². The molecule has 1 saturated carbocycles. The third kappa shape index (κ3) is 5.63. The van der Waals surface area contributed by atoms with Crippen molar-refractivity contribution in [3.8, 4) is 0 Å². The van der Waals surface area contributed by atoms with E-state index in [4.69, 9.17) is 0 Å². The standard InChI is InChI=1S/C21H29N3O7S/c1-2-31-20(25)15-32(29,30)19-9-8-16(14-18(19)24(27)28)21(26)23-12-10-22(11-13-23)17-6-4-3-5-7-17/h8-9,14,17H,2-7,10-13,15H2,1H3. The van der Waals surface area contributed by atoms with Gasteiger partial charge in [0.05, 0.1) is 11.5 Å². The number of amides is 1. The van der Waals surface area contributed by atoms with E-state index in [1.165, 1.54) is 45.1 Å². The van der Waals surface area contributed by atoms with Gasteiger partial charge in [-0.05, 0) is 31.9 Å². The molecule has 0 atom stereocenters. The van der Waals surface area contributed by atoms with Crippen LogP contribution in [0.2, 0.25) is 0 Å². The second-order valence-corrected chi connectivity index (χ2v) is 10.1. The summed E-state index contributed by atoms with van der Waals surface area (Å²) in [5.41, 5.74) is -0.668. The van der Waals surface area contributed by atoms with Gasteiger partial charge in [0.2, 0.25) is 0 Å². The maximum Gasteiger partial charge on any atom is 0.321 e. The third-order valence-corrected chi connectivity index (χ3v) is 7.67. The monoisotopic (exact) mass is 467 g/mol. The number of benzene rings is 1. The van der Waals surface area contributed by atoms with E-state index < -0.39 is 37.1 Å². The van der Waals surface area contributed by atoms with Crippen LogP contribution in [0.5, 0.6) is 0 Å². The highest BCUT2D eigenvalue weighted by Gasteiger charge is 2.32. The number of sulfone groups is 1. The topological polar surface area (TPSA) is 127 Å². The lowest BCUT2D eigenvalue weighted by Gasteiger charge is -2.40. The van der Waals surface area contributed by atoms with Gasteiger partial charge in [0, 0.05) is 43.9 Å². The number of nitrogens with zero attached hydrogens (tertiary/aromatic N) is 3. The van der Waals surface area contributed by atoms with Crippen LogP contribution >= 0.6 is 0 Å². The molecule has 1 saturated heterocycles.